The third-order valence-corrected chi connectivity index (χ3v) is 7.65. The van der Waals surface area contributed by atoms with Crippen LogP contribution in [0.2, 0.25) is 0 Å². The second-order valence-electron chi connectivity index (χ2n) is 10.1. The molecule has 1 aromatic carbocycles. The predicted octanol–water partition coefficient (Wildman–Crippen LogP) is 3.48. The maximum atomic E-state index is 12.0. The SMILES string of the molecule is C=CC(=O)N(C)C1CN(C(CC2CC2)c2ccc([C@H](C)Nc3ncc4[nH]c(=O)n(CC)c4n3)cc2)C1. The minimum Gasteiger partial charge on any atom is -0.348 e. The Hall–Kier alpha value is -3.46. The molecule has 1 aliphatic carbocycles. The van der Waals surface area contributed by atoms with Crippen LogP contribution in [0, 0.1) is 5.92 Å². The number of amides is 1. The van der Waals surface area contributed by atoms with Crippen molar-refractivity contribution in [2.75, 3.05) is 25.5 Å². The molecule has 9 heteroatoms. The van der Waals surface area contributed by atoms with E-state index in [1.165, 1.54) is 30.9 Å². The number of nitrogens with one attached hydrogen (secondary N) is 2. The van der Waals surface area contributed by atoms with Crippen molar-refractivity contribution in [1.29, 1.82) is 0 Å². The zero-order valence-corrected chi connectivity index (χ0v) is 21.3. The van der Waals surface area contributed by atoms with Crippen LogP contribution in [0.4, 0.5) is 5.95 Å². The number of anilines is 1. The Bertz CT molecular complexity index is 1300. The van der Waals surface area contributed by atoms with Crippen LogP contribution in [0.3, 0.4) is 0 Å². The van der Waals surface area contributed by atoms with Crippen molar-refractivity contribution in [2.45, 2.75) is 57.8 Å². The zero-order valence-electron chi connectivity index (χ0n) is 21.3. The lowest BCUT2D eigenvalue weighted by Crippen LogP contribution is -2.60. The molecule has 1 saturated carbocycles. The average molecular weight is 490 g/mol. The fraction of sp³-hybridized carbons (Fsp3) is 0.481. The number of aryl methyl sites for hydroxylation is 1. The third-order valence-electron chi connectivity index (χ3n) is 7.65. The molecule has 9 nitrogen and oxygen atoms in total. The summed E-state index contributed by atoms with van der Waals surface area (Å²) in [5, 5.41) is 3.37. The molecule has 2 N–H and O–H groups in total. The summed E-state index contributed by atoms with van der Waals surface area (Å²) in [5.41, 5.74) is 3.55. The highest BCUT2D eigenvalue weighted by Crippen LogP contribution is 2.42. The van der Waals surface area contributed by atoms with Crippen LogP contribution in [0.15, 0.2) is 47.9 Å². The summed E-state index contributed by atoms with van der Waals surface area (Å²) in [7, 11) is 1.87. The Labute approximate surface area is 211 Å². The van der Waals surface area contributed by atoms with Gasteiger partial charge in [0.1, 0.15) is 5.52 Å². The van der Waals surface area contributed by atoms with Gasteiger partial charge >= 0.3 is 5.69 Å². The van der Waals surface area contributed by atoms with Gasteiger partial charge in [0.25, 0.3) is 0 Å². The normalized spacial score (nSPS) is 18.0. The molecule has 0 bridgehead atoms. The summed E-state index contributed by atoms with van der Waals surface area (Å²) < 4.78 is 1.60. The van der Waals surface area contributed by atoms with Crippen molar-refractivity contribution in [3.05, 3.63) is 64.7 Å². The number of imidazole rings is 1. The molecule has 0 spiro atoms. The number of benzene rings is 1. The number of likely N-dealkylation sites (tertiary alicyclic amines) is 1. The molecule has 2 atom stereocenters. The molecule has 5 rings (SSSR count). The molecule has 2 aromatic heterocycles. The zero-order chi connectivity index (χ0) is 25.4. The van der Waals surface area contributed by atoms with Crippen LogP contribution in [-0.4, -0.2) is 61.4 Å². The van der Waals surface area contributed by atoms with Gasteiger partial charge in [-0.25, -0.2) is 9.78 Å². The summed E-state index contributed by atoms with van der Waals surface area (Å²) >= 11 is 0. The van der Waals surface area contributed by atoms with Gasteiger partial charge in [-0.05, 0) is 43.4 Å². The molecule has 3 aromatic rings. The first kappa shape index (κ1) is 24.2. The minimum absolute atomic E-state index is 0.00563. The lowest BCUT2D eigenvalue weighted by Gasteiger charge is -2.48. The van der Waals surface area contributed by atoms with Crippen LogP contribution < -0.4 is 11.0 Å². The third kappa shape index (κ3) is 4.80. The van der Waals surface area contributed by atoms with Crippen molar-refractivity contribution in [3.63, 3.8) is 0 Å². The maximum absolute atomic E-state index is 12.0. The summed E-state index contributed by atoms with van der Waals surface area (Å²) in [6, 6.07) is 9.45. The van der Waals surface area contributed by atoms with Gasteiger partial charge in [-0.15, -0.1) is 0 Å². The summed E-state index contributed by atoms with van der Waals surface area (Å²) in [4.78, 5) is 40.1. The number of rotatable bonds is 10. The van der Waals surface area contributed by atoms with E-state index < -0.39 is 0 Å². The molecule has 1 saturated heterocycles. The Balaban J connectivity index is 1.27. The number of likely N-dealkylation sites (N-methyl/N-ethyl adjacent to an activating group) is 1. The van der Waals surface area contributed by atoms with Gasteiger partial charge in [-0.2, -0.15) is 4.98 Å². The number of hydrogen-bond donors (Lipinski definition) is 2. The van der Waals surface area contributed by atoms with Gasteiger partial charge in [0.15, 0.2) is 5.65 Å². The quantitative estimate of drug-likeness (QED) is 0.423. The number of aromatic nitrogens is 4. The minimum atomic E-state index is -0.171. The molecular weight excluding hydrogens is 454 g/mol. The number of nitrogens with zero attached hydrogens (tertiary/aromatic N) is 5. The lowest BCUT2D eigenvalue weighted by molar-refractivity contribution is -0.130. The number of aromatic amines is 1. The van der Waals surface area contributed by atoms with Crippen LogP contribution in [-0.2, 0) is 11.3 Å². The highest BCUT2D eigenvalue weighted by Gasteiger charge is 2.38. The smallest absolute Gasteiger partial charge is 0.327 e. The Morgan fingerprint density at radius 2 is 1.97 bits per heavy atom. The number of carbonyl (C=O) groups excluding carboxylic acids is 1. The van der Waals surface area contributed by atoms with Crippen LogP contribution in [0.25, 0.3) is 11.2 Å². The van der Waals surface area contributed by atoms with Gasteiger partial charge < -0.3 is 15.2 Å². The van der Waals surface area contributed by atoms with E-state index >= 15 is 0 Å². The first-order valence-electron chi connectivity index (χ1n) is 12.8. The second kappa shape index (κ2) is 9.89. The monoisotopic (exact) mass is 489 g/mol. The maximum Gasteiger partial charge on any atom is 0.327 e. The summed E-state index contributed by atoms with van der Waals surface area (Å²) in [6.45, 7) is 9.96. The molecule has 36 heavy (non-hydrogen) atoms. The molecule has 2 fully saturated rings. The topological polar surface area (TPSA) is 99.2 Å². The molecule has 3 heterocycles. The van der Waals surface area contributed by atoms with Crippen molar-refractivity contribution in [3.8, 4) is 0 Å². The molecule has 0 radical (unpaired) electrons. The van der Waals surface area contributed by atoms with Gasteiger partial charge in [0.2, 0.25) is 11.9 Å². The van der Waals surface area contributed by atoms with Gasteiger partial charge in [0, 0.05) is 32.7 Å². The number of carbonyl (C=O) groups is 1. The van der Waals surface area contributed by atoms with Crippen molar-refractivity contribution in [2.24, 2.45) is 5.92 Å². The van der Waals surface area contributed by atoms with E-state index in [-0.39, 0.29) is 23.7 Å². The Morgan fingerprint density at radius 1 is 1.28 bits per heavy atom. The molecule has 2 aliphatic rings. The van der Waals surface area contributed by atoms with Crippen molar-refractivity contribution >= 4 is 23.0 Å². The highest BCUT2D eigenvalue weighted by molar-refractivity contribution is 5.87. The molecule has 1 aliphatic heterocycles. The summed E-state index contributed by atoms with van der Waals surface area (Å²) in [5.74, 6) is 1.29. The first-order valence-corrected chi connectivity index (χ1v) is 12.8. The van der Waals surface area contributed by atoms with E-state index in [9.17, 15) is 9.59 Å². The van der Waals surface area contributed by atoms with Crippen molar-refractivity contribution < 1.29 is 4.79 Å². The standard InChI is InChI=1S/C27H35N7O2/c1-5-24(35)32(4)21-15-33(16-21)23(13-18-7-8-18)20-11-9-19(10-12-20)17(3)29-26-28-14-22-25(31-26)34(6-2)27(36)30-22/h5,9-12,14,17-18,21,23H,1,6-8,13,15-16H2,2-4H3,(H,30,36)(H,28,29,31)/t17-,23?/m0/s1. The molecular formula is C27H35N7O2. The van der Waals surface area contributed by atoms with E-state index in [1.807, 2.05) is 14.0 Å². The van der Waals surface area contributed by atoms with E-state index in [0.717, 1.165) is 24.6 Å². The van der Waals surface area contributed by atoms with Crippen LogP contribution >= 0.6 is 0 Å². The van der Waals surface area contributed by atoms with Gasteiger partial charge in [-0.1, -0.05) is 43.7 Å². The molecule has 1 unspecified atom stereocenters. The van der Waals surface area contributed by atoms with E-state index in [2.05, 4.69) is 62.9 Å². The Morgan fingerprint density at radius 3 is 2.61 bits per heavy atom. The number of fused-ring (bicyclic) bond motifs is 1. The lowest BCUT2D eigenvalue weighted by atomic mass is 9.93. The first-order chi connectivity index (χ1) is 17.4. The fourth-order valence-corrected chi connectivity index (χ4v) is 5.07. The summed E-state index contributed by atoms with van der Waals surface area (Å²) in [6.07, 6.45) is 6.85. The number of hydrogen-bond acceptors (Lipinski definition) is 6. The van der Waals surface area contributed by atoms with E-state index in [1.54, 1.807) is 15.7 Å². The Kier molecular flexibility index (Phi) is 6.66. The van der Waals surface area contributed by atoms with Crippen LogP contribution in [0.5, 0.6) is 0 Å². The predicted molar refractivity (Wildman–Crippen MR) is 141 cm³/mol. The largest absolute Gasteiger partial charge is 0.348 e. The average Bonchev–Trinajstić information content (AvgIpc) is 3.62. The van der Waals surface area contributed by atoms with Gasteiger partial charge in [0.05, 0.1) is 18.3 Å². The van der Waals surface area contributed by atoms with Gasteiger partial charge in [-0.3, -0.25) is 14.3 Å². The van der Waals surface area contributed by atoms with Crippen molar-refractivity contribution in [1.82, 2.24) is 29.3 Å². The fourth-order valence-electron chi connectivity index (χ4n) is 5.07. The second-order valence-corrected chi connectivity index (χ2v) is 10.1. The number of H-pyrrole nitrogens is 1. The van der Waals surface area contributed by atoms with E-state index in [4.69, 9.17) is 0 Å². The van der Waals surface area contributed by atoms with Crippen LogP contribution in [0.1, 0.15) is 56.3 Å². The van der Waals surface area contributed by atoms with E-state index in [0.29, 0.717) is 29.7 Å². The molecule has 190 valence electrons. The molecule has 1 amide bonds. The highest BCUT2D eigenvalue weighted by atomic mass is 16.2.